The van der Waals surface area contributed by atoms with Gasteiger partial charge in [-0.05, 0) is 37.6 Å². The molecule has 2 aromatic carbocycles. The van der Waals surface area contributed by atoms with Crippen LogP contribution in [0.2, 0.25) is 5.02 Å². The molecule has 0 atom stereocenters. The van der Waals surface area contributed by atoms with Gasteiger partial charge in [-0.2, -0.15) is 8.42 Å². The van der Waals surface area contributed by atoms with Gasteiger partial charge >= 0.3 is 0 Å². The Bertz CT molecular complexity index is 1110. The number of aryl methyl sites for hydroxylation is 2. The maximum absolute atomic E-state index is 12.6. The second-order valence-corrected chi connectivity index (χ2v) is 9.08. The van der Waals surface area contributed by atoms with E-state index >= 15 is 0 Å². The SMILES string of the molecule is Cc1ccc(Cl)cc1N1CCN(C(N)=NS(=O)(=O)c2ccc(C)c([N+](=O)[O-])c2)CC1. The summed E-state index contributed by atoms with van der Waals surface area (Å²) in [6, 6.07) is 9.35. The number of rotatable bonds is 4. The number of piperazine rings is 1. The van der Waals surface area contributed by atoms with Crippen LogP contribution in [0.15, 0.2) is 45.7 Å². The van der Waals surface area contributed by atoms with Gasteiger partial charge in [0, 0.05) is 48.5 Å². The molecule has 1 fully saturated rings. The Kier molecular flexibility index (Phi) is 6.18. The lowest BCUT2D eigenvalue weighted by atomic mass is 10.1. The maximum Gasteiger partial charge on any atom is 0.285 e. The summed E-state index contributed by atoms with van der Waals surface area (Å²) in [5, 5.41) is 11.7. The van der Waals surface area contributed by atoms with Crippen LogP contribution in [-0.4, -0.2) is 50.4 Å². The van der Waals surface area contributed by atoms with Gasteiger partial charge in [0.15, 0.2) is 0 Å². The molecular formula is C19H22ClN5O4S. The van der Waals surface area contributed by atoms with Crippen LogP contribution in [0.5, 0.6) is 0 Å². The van der Waals surface area contributed by atoms with Gasteiger partial charge in [-0.15, -0.1) is 4.40 Å². The second kappa shape index (κ2) is 8.49. The van der Waals surface area contributed by atoms with Gasteiger partial charge in [-0.25, -0.2) is 0 Å². The molecule has 0 spiro atoms. The molecule has 3 rings (SSSR count). The molecule has 160 valence electrons. The van der Waals surface area contributed by atoms with Gasteiger partial charge in [0.2, 0.25) is 5.96 Å². The van der Waals surface area contributed by atoms with Crippen LogP contribution in [0.4, 0.5) is 11.4 Å². The van der Waals surface area contributed by atoms with Crippen LogP contribution in [0.25, 0.3) is 0 Å². The number of anilines is 1. The molecule has 1 saturated heterocycles. The van der Waals surface area contributed by atoms with Crippen molar-refractivity contribution in [3.05, 3.63) is 62.7 Å². The summed E-state index contributed by atoms with van der Waals surface area (Å²) in [5.74, 6) is -0.138. The summed E-state index contributed by atoms with van der Waals surface area (Å²) in [4.78, 5) is 14.0. The number of hydrogen-bond acceptors (Lipinski definition) is 5. The molecular weight excluding hydrogens is 430 g/mol. The molecule has 0 bridgehead atoms. The lowest BCUT2D eigenvalue weighted by Gasteiger charge is -2.37. The Morgan fingerprint density at radius 2 is 1.73 bits per heavy atom. The first-order valence-corrected chi connectivity index (χ1v) is 11.0. The van der Waals surface area contributed by atoms with Crippen molar-refractivity contribution in [3.8, 4) is 0 Å². The molecule has 0 saturated carbocycles. The third-order valence-corrected chi connectivity index (χ3v) is 6.52. The van der Waals surface area contributed by atoms with Crippen LogP contribution in [0, 0.1) is 24.0 Å². The molecule has 0 amide bonds. The molecule has 0 radical (unpaired) electrons. The van der Waals surface area contributed by atoms with E-state index in [9.17, 15) is 18.5 Å². The van der Waals surface area contributed by atoms with Crippen LogP contribution < -0.4 is 10.6 Å². The average molecular weight is 452 g/mol. The number of nitro groups is 1. The van der Waals surface area contributed by atoms with E-state index in [2.05, 4.69) is 9.30 Å². The van der Waals surface area contributed by atoms with E-state index in [4.69, 9.17) is 17.3 Å². The van der Waals surface area contributed by atoms with Gasteiger partial charge in [0.1, 0.15) is 0 Å². The minimum atomic E-state index is -4.17. The molecule has 1 aliphatic rings. The topological polar surface area (TPSA) is 122 Å². The van der Waals surface area contributed by atoms with Crippen LogP contribution >= 0.6 is 11.6 Å². The molecule has 0 aliphatic carbocycles. The first kappa shape index (κ1) is 21.8. The third kappa shape index (κ3) is 4.65. The smallest absolute Gasteiger partial charge is 0.285 e. The van der Waals surface area contributed by atoms with Gasteiger partial charge in [-0.3, -0.25) is 10.1 Å². The molecule has 1 heterocycles. The maximum atomic E-state index is 12.6. The monoisotopic (exact) mass is 451 g/mol. The van der Waals surface area contributed by atoms with Gasteiger partial charge in [0.05, 0.1) is 9.82 Å². The van der Waals surface area contributed by atoms with Crippen molar-refractivity contribution in [2.45, 2.75) is 18.7 Å². The zero-order chi connectivity index (χ0) is 22.1. The fourth-order valence-corrected chi connectivity index (χ4v) is 4.41. The Labute approximate surface area is 180 Å². The van der Waals surface area contributed by atoms with E-state index in [-0.39, 0.29) is 16.5 Å². The predicted molar refractivity (Wildman–Crippen MR) is 117 cm³/mol. The number of guanidine groups is 1. The van der Waals surface area contributed by atoms with E-state index in [0.717, 1.165) is 17.3 Å². The second-order valence-electron chi connectivity index (χ2n) is 7.03. The highest BCUT2D eigenvalue weighted by atomic mass is 35.5. The molecule has 30 heavy (non-hydrogen) atoms. The van der Waals surface area contributed by atoms with Crippen molar-refractivity contribution in [1.82, 2.24) is 4.90 Å². The van der Waals surface area contributed by atoms with E-state index in [0.29, 0.717) is 36.8 Å². The Balaban J connectivity index is 1.75. The lowest BCUT2D eigenvalue weighted by molar-refractivity contribution is -0.385. The van der Waals surface area contributed by atoms with Gasteiger partial charge in [0.25, 0.3) is 15.7 Å². The molecule has 9 nitrogen and oxygen atoms in total. The summed E-state index contributed by atoms with van der Waals surface area (Å²) in [5.41, 5.74) is 8.16. The van der Waals surface area contributed by atoms with Crippen LogP contribution in [0.3, 0.4) is 0 Å². The summed E-state index contributed by atoms with van der Waals surface area (Å²) in [6.07, 6.45) is 0. The number of nitrogens with two attached hydrogens (primary N) is 1. The lowest BCUT2D eigenvalue weighted by Crippen LogP contribution is -2.51. The molecule has 2 aromatic rings. The Morgan fingerprint density at radius 3 is 2.37 bits per heavy atom. The molecule has 0 unspecified atom stereocenters. The quantitative estimate of drug-likeness (QED) is 0.328. The molecule has 1 aliphatic heterocycles. The number of benzene rings is 2. The first-order chi connectivity index (χ1) is 14.1. The summed E-state index contributed by atoms with van der Waals surface area (Å²) in [6.45, 7) is 5.73. The van der Waals surface area contributed by atoms with E-state index in [1.54, 1.807) is 4.90 Å². The van der Waals surface area contributed by atoms with Crippen molar-refractivity contribution in [1.29, 1.82) is 0 Å². The first-order valence-electron chi connectivity index (χ1n) is 9.20. The van der Waals surface area contributed by atoms with Crippen LogP contribution in [0.1, 0.15) is 11.1 Å². The standard InChI is InChI=1S/C19H22ClN5O4S/c1-13-3-5-15(20)11-17(13)23-7-9-24(10-8-23)19(21)22-30(28,29)16-6-4-14(2)18(12-16)25(26)27/h3-6,11-12H,7-10H2,1-2H3,(H2,21,22). The Hall–Kier alpha value is -2.85. The third-order valence-electron chi connectivity index (χ3n) is 5.00. The highest BCUT2D eigenvalue weighted by Gasteiger charge is 2.24. The highest BCUT2D eigenvalue weighted by molar-refractivity contribution is 7.90. The number of halogens is 1. The molecule has 2 N–H and O–H groups in total. The fourth-order valence-electron chi connectivity index (χ4n) is 3.28. The minimum Gasteiger partial charge on any atom is -0.369 e. The average Bonchev–Trinajstić information content (AvgIpc) is 2.69. The number of hydrogen-bond donors (Lipinski definition) is 1. The van der Waals surface area contributed by atoms with Crippen molar-refractivity contribution in [2.24, 2.45) is 10.1 Å². The van der Waals surface area contributed by atoms with Crippen molar-refractivity contribution < 1.29 is 13.3 Å². The van der Waals surface area contributed by atoms with E-state index in [1.165, 1.54) is 19.1 Å². The fraction of sp³-hybridized carbons (Fsp3) is 0.316. The summed E-state index contributed by atoms with van der Waals surface area (Å²) in [7, 11) is -4.17. The molecule has 0 aromatic heterocycles. The predicted octanol–water partition coefficient (Wildman–Crippen LogP) is 2.69. The van der Waals surface area contributed by atoms with Gasteiger partial charge in [-0.1, -0.05) is 23.7 Å². The van der Waals surface area contributed by atoms with Gasteiger partial charge < -0.3 is 15.5 Å². The minimum absolute atomic E-state index is 0.138. The van der Waals surface area contributed by atoms with Crippen molar-refractivity contribution in [3.63, 3.8) is 0 Å². The number of nitrogens with zero attached hydrogens (tertiary/aromatic N) is 4. The largest absolute Gasteiger partial charge is 0.369 e. The van der Waals surface area contributed by atoms with Crippen molar-refractivity contribution >= 4 is 39.0 Å². The van der Waals surface area contributed by atoms with Crippen molar-refractivity contribution in [2.75, 3.05) is 31.1 Å². The van der Waals surface area contributed by atoms with E-state index < -0.39 is 14.9 Å². The zero-order valence-electron chi connectivity index (χ0n) is 16.6. The van der Waals surface area contributed by atoms with E-state index in [1.807, 2.05) is 25.1 Å². The number of nitro benzene ring substituents is 1. The highest BCUT2D eigenvalue weighted by Crippen LogP contribution is 2.26. The normalized spacial score (nSPS) is 15.4. The summed E-state index contributed by atoms with van der Waals surface area (Å²) >= 11 is 6.10. The van der Waals surface area contributed by atoms with Crippen LogP contribution in [-0.2, 0) is 10.0 Å². The number of sulfonamides is 1. The Morgan fingerprint density at radius 1 is 1.10 bits per heavy atom. The zero-order valence-corrected chi connectivity index (χ0v) is 18.2. The summed E-state index contributed by atoms with van der Waals surface area (Å²) < 4.78 is 28.9. The molecule has 11 heteroatoms.